The zero-order valence-electron chi connectivity index (χ0n) is 11.7. The molecule has 2 aliphatic rings. The Hall–Kier alpha value is -2.17. The van der Waals surface area contributed by atoms with Crippen molar-refractivity contribution in [2.24, 2.45) is 23.7 Å². The number of carboxylic acids is 1. The second-order valence-electron chi connectivity index (χ2n) is 5.90. The minimum absolute atomic E-state index is 0.0377. The molecule has 0 bridgehead atoms. The van der Waals surface area contributed by atoms with Gasteiger partial charge in [-0.2, -0.15) is 0 Å². The highest BCUT2D eigenvalue weighted by Gasteiger charge is 2.56. The van der Waals surface area contributed by atoms with Crippen molar-refractivity contribution in [1.29, 1.82) is 0 Å². The second kappa shape index (κ2) is 4.98. The molecule has 4 atom stereocenters. The Balaban J connectivity index is 2.02. The molecule has 2 amide bonds. The van der Waals surface area contributed by atoms with Gasteiger partial charge in [0.2, 0.25) is 11.8 Å². The number of aliphatic carboxylic acids is 1. The minimum Gasteiger partial charge on any atom is -0.481 e. The van der Waals surface area contributed by atoms with E-state index in [1.807, 2.05) is 13.0 Å². The SMILES string of the molecule is C[C@@H]1CC[C@@H](C(=O)O)[C@H]2C(=O)N(c3ccccc3)C(=O)[C@@H]21. The fourth-order valence-corrected chi connectivity index (χ4v) is 3.64. The van der Waals surface area contributed by atoms with Crippen LogP contribution < -0.4 is 4.90 Å². The van der Waals surface area contributed by atoms with Gasteiger partial charge in [0.1, 0.15) is 0 Å². The Morgan fingerprint density at radius 1 is 1.10 bits per heavy atom. The quantitative estimate of drug-likeness (QED) is 0.843. The maximum atomic E-state index is 12.7. The first-order valence-corrected chi connectivity index (χ1v) is 7.18. The molecule has 1 aliphatic heterocycles. The van der Waals surface area contributed by atoms with Gasteiger partial charge >= 0.3 is 5.97 Å². The lowest BCUT2D eigenvalue weighted by molar-refractivity contribution is -0.149. The molecule has 1 saturated heterocycles. The van der Waals surface area contributed by atoms with Crippen molar-refractivity contribution in [2.75, 3.05) is 4.90 Å². The summed E-state index contributed by atoms with van der Waals surface area (Å²) in [7, 11) is 0. The Kier molecular flexibility index (Phi) is 3.27. The number of benzene rings is 1. The van der Waals surface area contributed by atoms with Crippen LogP contribution in [0.1, 0.15) is 19.8 Å². The van der Waals surface area contributed by atoms with Crippen LogP contribution in [0, 0.1) is 23.7 Å². The van der Waals surface area contributed by atoms with E-state index in [2.05, 4.69) is 0 Å². The molecule has 0 radical (unpaired) electrons. The Morgan fingerprint density at radius 3 is 2.33 bits per heavy atom. The summed E-state index contributed by atoms with van der Waals surface area (Å²) in [6, 6.07) is 8.73. The maximum Gasteiger partial charge on any atom is 0.307 e. The highest BCUT2D eigenvalue weighted by Crippen LogP contribution is 2.46. The molecule has 1 aliphatic carbocycles. The van der Waals surface area contributed by atoms with Crippen molar-refractivity contribution in [3.05, 3.63) is 30.3 Å². The van der Waals surface area contributed by atoms with E-state index in [1.54, 1.807) is 24.3 Å². The number of nitrogens with zero attached hydrogens (tertiary/aromatic N) is 1. The molecular weight excluding hydrogens is 270 g/mol. The van der Waals surface area contributed by atoms with Crippen molar-refractivity contribution in [3.8, 4) is 0 Å². The average Bonchev–Trinajstić information content (AvgIpc) is 2.73. The number of imide groups is 1. The zero-order chi connectivity index (χ0) is 15.1. The summed E-state index contributed by atoms with van der Waals surface area (Å²) in [6.45, 7) is 1.93. The topological polar surface area (TPSA) is 74.7 Å². The molecule has 1 N–H and O–H groups in total. The molecule has 1 aromatic rings. The summed E-state index contributed by atoms with van der Waals surface area (Å²) in [5.74, 6) is -3.55. The summed E-state index contributed by atoms with van der Waals surface area (Å²) in [6.07, 6.45) is 1.12. The molecule has 110 valence electrons. The van der Waals surface area contributed by atoms with E-state index in [1.165, 1.54) is 4.90 Å². The van der Waals surface area contributed by atoms with Crippen LogP contribution in [-0.2, 0) is 14.4 Å². The average molecular weight is 287 g/mol. The van der Waals surface area contributed by atoms with Crippen LogP contribution in [-0.4, -0.2) is 22.9 Å². The van der Waals surface area contributed by atoms with Crippen LogP contribution in [0.3, 0.4) is 0 Å². The number of carbonyl (C=O) groups excluding carboxylic acids is 2. The van der Waals surface area contributed by atoms with Crippen molar-refractivity contribution in [1.82, 2.24) is 0 Å². The Labute approximate surface area is 122 Å². The molecular formula is C16H17NO4. The van der Waals surface area contributed by atoms with Gasteiger partial charge in [0.25, 0.3) is 0 Å². The largest absolute Gasteiger partial charge is 0.481 e. The molecule has 0 spiro atoms. The van der Waals surface area contributed by atoms with Crippen molar-refractivity contribution >= 4 is 23.5 Å². The lowest BCUT2D eigenvalue weighted by atomic mass is 9.68. The predicted octanol–water partition coefficient (Wildman–Crippen LogP) is 1.92. The van der Waals surface area contributed by atoms with Gasteiger partial charge in [0.15, 0.2) is 0 Å². The molecule has 21 heavy (non-hydrogen) atoms. The number of para-hydroxylation sites is 1. The molecule has 3 rings (SSSR count). The summed E-state index contributed by atoms with van der Waals surface area (Å²) in [4.78, 5) is 37.9. The van der Waals surface area contributed by atoms with Gasteiger partial charge in [-0.05, 0) is 30.9 Å². The van der Waals surface area contributed by atoms with Crippen LogP contribution in [0.2, 0.25) is 0 Å². The highest BCUT2D eigenvalue weighted by atomic mass is 16.4. The molecule has 1 aromatic carbocycles. The molecule has 2 fully saturated rings. The van der Waals surface area contributed by atoms with Gasteiger partial charge in [-0.15, -0.1) is 0 Å². The van der Waals surface area contributed by atoms with Crippen molar-refractivity contribution in [2.45, 2.75) is 19.8 Å². The van der Waals surface area contributed by atoms with Crippen molar-refractivity contribution in [3.63, 3.8) is 0 Å². The minimum atomic E-state index is -0.979. The van der Waals surface area contributed by atoms with Crippen LogP contribution in [0.5, 0.6) is 0 Å². The van der Waals surface area contributed by atoms with E-state index in [-0.39, 0.29) is 17.7 Å². The van der Waals surface area contributed by atoms with Crippen molar-refractivity contribution < 1.29 is 19.5 Å². The van der Waals surface area contributed by atoms with Gasteiger partial charge < -0.3 is 5.11 Å². The van der Waals surface area contributed by atoms with Gasteiger partial charge in [-0.25, -0.2) is 0 Å². The lowest BCUT2D eigenvalue weighted by Gasteiger charge is -2.32. The summed E-state index contributed by atoms with van der Waals surface area (Å²) >= 11 is 0. The molecule has 1 heterocycles. The lowest BCUT2D eigenvalue weighted by Crippen LogP contribution is -2.39. The van der Waals surface area contributed by atoms with Gasteiger partial charge in [-0.1, -0.05) is 25.1 Å². The fourth-order valence-electron chi connectivity index (χ4n) is 3.64. The standard InChI is InChI=1S/C16H17NO4/c1-9-7-8-11(16(20)21)13-12(9)14(18)17(15(13)19)10-5-3-2-4-6-10/h2-6,9,11-13H,7-8H2,1H3,(H,20,21)/t9-,11-,12-,13-/m1/s1. The first-order chi connectivity index (χ1) is 10.0. The van der Waals surface area contributed by atoms with E-state index in [9.17, 15) is 19.5 Å². The number of hydrogen-bond donors (Lipinski definition) is 1. The summed E-state index contributed by atoms with van der Waals surface area (Å²) in [5.41, 5.74) is 0.526. The fraction of sp³-hybridized carbons (Fsp3) is 0.438. The van der Waals surface area contributed by atoms with Crippen LogP contribution in [0.15, 0.2) is 30.3 Å². The first-order valence-electron chi connectivity index (χ1n) is 7.18. The van der Waals surface area contributed by atoms with Crippen LogP contribution in [0.25, 0.3) is 0 Å². The number of fused-ring (bicyclic) bond motifs is 1. The third kappa shape index (κ3) is 2.04. The molecule has 0 aromatic heterocycles. The van der Waals surface area contributed by atoms with Gasteiger partial charge in [-0.3, -0.25) is 19.3 Å². The Bertz CT molecular complexity index is 598. The van der Waals surface area contributed by atoms with Gasteiger partial charge in [0, 0.05) is 0 Å². The van der Waals surface area contributed by atoms with Crippen LogP contribution in [0.4, 0.5) is 5.69 Å². The third-order valence-electron chi connectivity index (χ3n) is 4.71. The van der Waals surface area contributed by atoms with E-state index < -0.39 is 23.7 Å². The number of carbonyl (C=O) groups is 3. The van der Waals surface area contributed by atoms with Gasteiger partial charge in [0.05, 0.1) is 23.4 Å². The molecule has 5 nitrogen and oxygen atoms in total. The summed E-state index contributed by atoms with van der Waals surface area (Å²) in [5, 5.41) is 9.35. The second-order valence-corrected chi connectivity index (χ2v) is 5.90. The first kappa shape index (κ1) is 13.8. The summed E-state index contributed by atoms with van der Waals surface area (Å²) < 4.78 is 0. The van der Waals surface area contributed by atoms with E-state index >= 15 is 0 Å². The number of rotatable bonds is 2. The molecule has 0 unspecified atom stereocenters. The van der Waals surface area contributed by atoms with E-state index in [0.717, 1.165) is 0 Å². The molecule has 5 heteroatoms. The number of anilines is 1. The number of hydrogen-bond acceptors (Lipinski definition) is 3. The zero-order valence-corrected chi connectivity index (χ0v) is 11.7. The predicted molar refractivity (Wildman–Crippen MR) is 75.4 cm³/mol. The van der Waals surface area contributed by atoms with E-state index in [4.69, 9.17) is 0 Å². The highest BCUT2D eigenvalue weighted by molar-refractivity contribution is 6.22. The smallest absolute Gasteiger partial charge is 0.307 e. The molecule has 1 saturated carbocycles. The number of carboxylic acid groups (broad SMARTS) is 1. The van der Waals surface area contributed by atoms with Crippen LogP contribution >= 0.6 is 0 Å². The maximum absolute atomic E-state index is 12.7. The number of amides is 2. The monoisotopic (exact) mass is 287 g/mol. The normalized spacial score (nSPS) is 32.1. The third-order valence-corrected chi connectivity index (χ3v) is 4.71. The Morgan fingerprint density at radius 2 is 1.71 bits per heavy atom. The van der Waals surface area contributed by atoms with E-state index in [0.29, 0.717) is 18.5 Å².